The van der Waals surface area contributed by atoms with E-state index in [4.69, 9.17) is 5.73 Å². The number of likely N-dealkylation sites (N-methyl/N-ethyl adjacent to an activating group) is 1. The zero-order chi connectivity index (χ0) is 7.82. The second-order valence-corrected chi connectivity index (χ2v) is 2.19. The molecule has 2 N–H and O–H groups in total. The summed E-state index contributed by atoms with van der Waals surface area (Å²) in [6, 6.07) is 0. The molecular formula is C8H20Cl2N2. The minimum atomic E-state index is 0. The minimum Gasteiger partial charge on any atom is -0.327 e. The summed E-state index contributed by atoms with van der Waals surface area (Å²) < 4.78 is 0. The van der Waals surface area contributed by atoms with Crippen molar-refractivity contribution in [3.8, 4) is 0 Å². The molecular weight excluding hydrogens is 195 g/mol. The van der Waals surface area contributed by atoms with Crippen molar-refractivity contribution in [3.05, 3.63) is 12.2 Å². The zero-order valence-corrected chi connectivity index (χ0v) is 9.46. The van der Waals surface area contributed by atoms with Gasteiger partial charge in [0.15, 0.2) is 0 Å². The Morgan fingerprint density at radius 3 is 1.92 bits per heavy atom. The third kappa shape index (κ3) is 10.2. The van der Waals surface area contributed by atoms with E-state index in [9.17, 15) is 0 Å². The van der Waals surface area contributed by atoms with Crippen LogP contribution in [0.3, 0.4) is 0 Å². The Bertz CT molecular complexity index is 93.1. The molecule has 0 spiro atoms. The Morgan fingerprint density at radius 1 is 1.08 bits per heavy atom. The fourth-order valence-corrected chi connectivity index (χ4v) is 0.802. The lowest BCUT2D eigenvalue weighted by molar-refractivity contribution is 0.337. The van der Waals surface area contributed by atoms with Crippen LogP contribution in [0.1, 0.15) is 13.8 Å². The summed E-state index contributed by atoms with van der Waals surface area (Å²) >= 11 is 0. The molecule has 0 radical (unpaired) electrons. The average Bonchev–Trinajstić information content (AvgIpc) is 1.99. The molecule has 0 aliphatic rings. The molecule has 12 heavy (non-hydrogen) atoms. The van der Waals surface area contributed by atoms with E-state index >= 15 is 0 Å². The SMILES string of the molecule is CCN(CC)CC=CCN.Cl.Cl. The van der Waals surface area contributed by atoms with Gasteiger partial charge in [-0.15, -0.1) is 24.8 Å². The van der Waals surface area contributed by atoms with Gasteiger partial charge in [0.1, 0.15) is 0 Å². The molecule has 0 heterocycles. The number of hydrogen-bond donors (Lipinski definition) is 1. The van der Waals surface area contributed by atoms with Crippen LogP contribution in [0.2, 0.25) is 0 Å². The quantitative estimate of drug-likeness (QED) is 0.707. The molecule has 0 fully saturated rings. The van der Waals surface area contributed by atoms with Crippen LogP contribution in [0, 0.1) is 0 Å². The Balaban J connectivity index is -0.000000405. The zero-order valence-electron chi connectivity index (χ0n) is 7.82. The molecule has 0 amide bonds. The third-order valence-corrected chi connectivity index (χ3v) is 1.56. The molecule has 2 nitrogen and oxygen atoms in total. The van der Waals surface area contributed by atoms with Gasteiger partial charge >= 0.3 is 0 Å². The standard InChI is InChI=1S/C8H18N2.2ClH/c1-3-10(4-2)8-6-5-7-9;;/h5-6H,3-4,7-9H2,1-2H3;2*1H. The lowest BCUT2D eigenvalue weighted by Gasteiger charge is -2.14. The normalized spacial score (nSPS) is 9.67. The van der Waals surface area contributed by atoms with Crippen molar-refractivity contribution in [2.75, 3.05) is 26.2 Å². The van der Waals surface area contributed by atoms with Crippen molar-refractivity contribution in [3.63, 3.8) is 0 Å². The summed E-state index contributed by atoms with van der Waals surface area (Å²) in [5, 5.41) is 0. The number of nitrogens with zero attached hydrogens (tertiary/aromatic N) is 1. The lowest BCUT2D eigenvalue weighted by atomic mass is 10.4. The molecule has 0 aliphatic carbocycles. The van der Waals surface area contributed by atoms with Crippen molar-refractivity contribution in [1.29, 1.82) is 0 Å². The van der Waals surface area contributed by atoms with Crippen LogP contribution in [0.4, 0.5) is 0 Å². The highest BCUT2D eigenvalue weighted by atomic mass is 35.5. The van der Waals surface area contributed by atoms with Crippen LogP contribution in [-0.4, -0.2) is 31.1 Å². The third-order valence-electron chi connectivity index (χ3n) is 1.56. The molecule has 0 aromatic heterocycles. The largest absolute Gasteiger partial charge is 0.327 e. The molecule has 0 aliphatic heterocycles. The maximum absolute atomic E-state index is 5.29. The van der Waals surface area contributed by atoms with Gasteiger partial charge in [0, 0.05) is 13.1 Å². The van der Waals surface area contributed by atoms with Gasteiger partial charge < -0.3 is 10.6 Å². The monoisotopic (exact) mass is 214 g/mol. The minimum absolute atomic E-state index is 0. The topological polar surface area (TPSA) is 29.3 Å². The van der Waals surface area contributed by atoms with E-state index in [0.29, 0.717) is 6.54 Å². The first kappa shape index (κ1) is 18.1. The van der Waals surface area contributed by atoms with Crippen molar-refractivity contribution in [2.24, 2.45) is 5.73 Å². The highest BCUT2D eigenvalue weighted by molar-refractivity contribution is 5.85. The molecule has 0 saturated carbocycles. The summed E-state index contributed by atoms with van der Waals surface area (Å²) in [7, 11) is 0. The lowest BCUT2D eigenvalue weighted by Crippen LogP contribution is -2.22. The molecule has 0 rings (SSSR count). The molecule has 0 unspecified atom stereocenters. The van der Waals surface area contributed by atoms with E-state index in [0.717, 1.165) is 19.6 Å². The highest BCUT2D eigenvalue weighted by Gasteiger charge is 1.92. The molecule has 0 aromatic carbocycles. The predicted molar refractivity (Wildman–Crippen MR) is 60.5 cm³/mol. The average molecular weight is 215 g/mol. The first-order valence-corrected chi connectivity index (χ1v) is 3.92. The Morgan fingerprint density at radius 2 is 1.58 bits per heavy atom. The molecule has 0 saturated heterocycles. The van der Waals surface area contributed by atoms with Gasteiger partial charge in [-0.05, 0) is 13.1 Å². The smallest absolute Gasteiger partial charge is 0.0163 e. The van der Waals surface area contributed by atoms with Gasteiger partial charge in [-0.2, -0.15) is 0 Å². The van der Waals surface area contributed by atoms with Crippen LogP contribution in [-0.2, 0) is 0 Å². The second-order valence-electron chi connectivity index (χ2n) is 2.19. The summed E-state index contributed by atoms with van der Waals surface area (Å²) in [6.07, 6.45) is 4.12. The van der Waals surface area contributed by atoms with Gasteiger partial charge in [-0.25, -0.2) is 0 Å². The molecule has 0 atom stereocenters. The fourth-order valence-electron chi connectivity index (χ4n) is 0.802. The van der Waals surface area contributed by atoms with Crippen molar-refractivity contribution in [2.45, 2.75) is 13.8 Å². The van der Waals surface area contributed by atoms with Crippen LogP contribution >= 0.6 is 24.8 Å². The Labute approximate surface area is 88.0 Å². The Hall–Kier alpha value is 0.240. The van der Waals surface area contributed by atoms with Crippen molar-refractivity contribution in [1.82, 2.24) is 4.90 Å². The van der Waals surface area contributed by atoms with Gasteiger partial charge in [0.25, 0.3) is 0 Å². The maximum atomic E-state index is 5.29. The van der Waals surface area contributed by atoms with Crippen LogP contribution in [0.5, 0.6) is 0 Å². The molecule has 0 bridgehead atoms. The fraction of sp³-hybridized carbons (Fsp3) is 0.750. The van der Waals surface area contributed by atoms with Crippen molar-refractivity contribution < 1.29 is 0 Å². The van der Waals surface area contributed by atoms with Crippen LogP contribution < -0.4 is 5.73 Å². The van der Waals surface area contributed by atoms with Gasteiger partial charge in [-0.1, -0.05) is 26.0 Å². The van der Waals surface area contributed by atoms with E-state index in [-0.39, 0.29) is 24.8 Å². The predicted octanol–water partition coefficient (Wildman–Crippen LogP) is 1.69. The van der Waals surface area contributed by atoms with E-state index < -0.39 is 0 Å². The summed E-state index contributed by atoms with van der Waals surface area (Å²) in [6.45, 7) is 8.25. The van der Waals surface area contributed by atoms with E-state index in [1.807, 2.05) is 6.08 Å². The van der Waals surface area contributed by atoms with E-state index in [2.05, 4.69) is 24.8 Å². The van der Waals surface area contributed by atoms with E-state index in [1.165, 1.54) is 0 Å². The van der Waals surface area contributed by atoms with Crippen LogP contribution in [0.25, 0.3) is 0 Å². The Kier molecular flexibility index (Phi) is 20.8. The summed E-state index contributed by atoms with van der Waals surface area (Å²) in [5.41, 5.74) is 5.29. The summed E-state index contributed by atoms with van der Waals surface area (Å²) in [5.74, 6) is 0. The van der Waals surface area contributed by atoms with Crippen molar-refractivity contribution >= 4 is 24.8 Å². The first-order valence-electron chi connectivity index (χ1n) is 3.92. The summed E-state index contributed by atoms with van der Waals surface area (Å²) in [4.78, 5) is 2.34. The maximum Gasteiger partial charge on any atom is 0.0163 e. The molecule has 76 valence electrons. The molecule has 4 heteroatoms. The number of nitrogens with two attached hydrogens (primary N) is 1. The van der Waals surface area contributed by atoms with Gasteiger partial charge in [-0.3, -0.25) is 0 Å². The van der Waals surface area contributed by atoms with E-state index in [1.54, 1.807) is 0 Å². The van der Waals surface area contributed by atoms with Gasteiger partial charge in [0.2, 0.25) is 0 Å². The number of hydrogen-bond acceptors (Lipinski definition) is 2. The van der Waals surface area contributed by atoms with Gasteiger partial charge in [0.05, 0.1) is 0 Å². The van der Waals surface area contributed by atoms with Crippen LogP contribution in [0.15, 0.2) is 12.2 Å². The number of rotatable bonds is 5. The molecule has 0 aromatic rings. The first-order chi connectivity index (χ1) is 4.85. The highest BCUT2D eigenvalue weighted by Crippen LogP contribution is 1.85. The number of halogens is 2. The second kappa shape index (κ2) is 13.8.